The van der Waals surface area contributed by atoms with Crippen LogP contribution in [0.3, 0.4) is 0 Å². The summed E-state index contributed by atoms with van der Waals surface area (Å²) in [4.78, 5) is 23.5. The molecule has 0 bridgehead atoms. The van der Waals surface area contributed by atoms with Crippen molar-refractivity contribution in [1.82, 2.24) is 4.90 Å². The van der Waals surface area contributed by atoms with Crippen molar-refractivity contribution in [2.75, 3.05) is 27.3 Å². The second-order valence-electron chi connectivity index (χ2n) is 3.85. The van der Waals surface area contributed by atoms with Crippen LogP contribution in [0.4, 0.5) is 0 Å². The molecule has 1 aliphatic rings. The number of aliphatic carboxylic acids is 1. The van der Waals surface area contributed by atoms with Gasteiger partial charge in [0, 0.05) is 13.0 Å². The molecule has 6 heteroatoms. The number of hydrogen-bond donors (Lipinski definition) is 1. The van der Waals surface area contributed by atoms with Gasteiger partial charge in [-0.2, -0.15) is 0 Å². The topological polar surface area (TPSA) is 76.1 Å². The molecular weight excluding hydrogens is 214 g/mol. The van der Waals surface area contributed by atoms with Gasteiger partial charge < -0.3 is 14.6 Å². The number of carboxylic acids is 1. The Morgan fingerprint density at radius 1 is 1.50 bits per heavy atom. The first-order chi connectivity index (χ1) is 7.54. The van der Waals surface area contributed by atoms with Gasteiger partial charge >= 0.3 is 11.9 Å². The number of carbonyl (C=O) groups excluding carboxylic acids is 1. The van der Waals surface area contributed by atoms with Crippen LogP contribution >= 0.6 is 0 Å². The van der Waals surface area contributed by atoms with Crippen LogP contribution in [0.25, 0.3) is 0 Å². The number of likely N-dealkylation sites (N-methyl/N-ethyl adjacent to an activating group) is 1. The zero-order chi connectivity index (χ0) is 12.1. The van der Waals surface area contributed by atoms with Crippen LogP contribution in [0.5, 0.6) is 0 Å². The molecule has 16 heavy (non-hydrogen) atoms. The van der Waals surface area contributed by atoms with Gasteiger partial charge in [-0.1, -0.05) is 0 Å². The zero-order valence-corrected chi connectivity index (χ0v) is 9.51. The minimum absolute atomic E-state index is 0.0108. The number of carboxylic acid groups (broad SMARTS) is 1. The highest BCUT2D eigenvalue weighted by Gasteiger charge is 2.35. The quantitative estimate of drug-likeness (QED) is 0.656. The fraction of sp³-hybridized carbons (Fsp3) is 0.800. The van der Waals surface area contributed by atoms with E-state index < -0.39 is 5.97 Å². The van der Waals surface area contributed by atoms with Crippen molar-refractivity contribution < 1.29 is 24.2 Å². The van der Waals surface area contributed by atoms with Gasteiger partial charge in [0.15, 0.2) is 0 Å². The highest BCUT2D eigenvalue weighted by atomic mass is 16.5. The molecule has 1 fully saturated rings. The lowest BCUT2D eigenvalue weighted by molar-refractivity contribution is -0.145. The predicted molar refractivity (Wildman–Crippen MR) is 55.0 cm³/mol. The predicted octanol–water partition coefficient (Wildman–Crippen LogP) is -0.277. The lowest BCUT2D eigenvalue weighted by Crippen LogP contribution is -2.33. The Hall–Kier alpha value is -1.14. The molecule has 1 rings (SSSR count). The second kappa shape index (κ2) is 5.81. The lowest BCUT2D eigenvalue weighted by Gasteiger charge is -2.15. The average Bonchev–Trinajstić information content (AvgIpc) is 2.58. The maximum absolute atomic E-state index is 11.3. The van der Waals surface area contributed by atoms with E-state index in [1.165, 1.54) is 7.11 Å². The molecule has 2 atom stereocenters. The van der Waals surface area contributed by atoms with Crippen molar-refractivity contribution in [3.8, 4) is 0 Å². The Morgan fingerprint density at radius 3 is 2.75 bits per heavy atom. The lowest BCUT2D eigenvalue weighted by atomic mass is 10.2. The van der Waals surface area contributed by atoms with Crippen LogP contribution in [0.2, 0.25) is 0 Å². The first kappa shape index (κ1) is 12.9. The normalized spacial score (nSPS) is 25.6. The van der Waals surface area contributed by atoms with Crippen molar-refractivity contribution in [2.45, 2.75) is 25.0 Å². The van der Waals surface area contributed by atoms with Crippen molar-refractivity contribution in [1.29, 1.82) is 0 Å². The fourth-order valence-electron chi connectivity index (χ4n) is 1.80. The van der Waals surface area contributed by atoms with Gasteiger partial charge in [0.05, 0.1) is 26.2 Å². The molecule has 0 radical (unpaired) electrons. The van der Waals surface area contributed by atoms with Crippen molar-refractivity contribution in [3.63, 3.8) is 0 Å². The van der Waals surface area contributed by atoms with E-state index >= 15 is 0 Å². The van der Waals surface area contributed by atoms with E-state index in [2.05, 4.69) is 4.74 Å². The smallest absolute Gasteiger partial charge is 0.323 e. The molecule has 0 aliphatic carbocycles. The minimum atomic E-state index is -0.879. The van der Waals surface area contributed by atoms with Crippen molar-refractivity contribution >= 4 is 11.9 Å². The Bertz CT molecular complexity index is 268. The number of rotatable bonds is 5. The highest BCUT2D eigenvalue weighted by molar-refractivity contribution is 5.76. The van der Waals surface area contributed by atoms with E-state index in [9.17, 15) is 9.59 Å². The van der Waals surface area contributed by atoms with E-state index in [4.69, 9.17) is 9.84 Å². The molecule has 0 saturated carbocycles. The number of hydrogen-bond acceptors (Lipinski definition) is 5. The van der Waals surface area contributed by atoms with E-state index in [1.807, 2.05) is 11.9 Å². The average molecular weight is 231 g/mol. The maximum atomic E-state index is 11.3. The third-order valence-electron chi connectivity index (χ3n) is 2.65. The summed E-state index contributed by atoms with van der Waals surface area (Å²) in [7, 11) is 3.18. The molecule has 1 saturated heterocycles. The van der Waals surface area contributed by atoms with Crippen molar-refractivity contribution in [3.05, 3.63) is 0 Å². The van der Waals surface area contributed by atoms with Gasteiger partial charge in [-0.15, -0.1) is 0 Å². The van der Waals surface area contributed by atoms with Crippen LogP contribution in [0, 0.1) is 0 Å². The number of esters is 1. The molecule has 0 aromatic rings. The number of methoxy groups -OCH3 is 1. The van der Waals surface area contributed by atoms with E-state index in [1.54, 1.807) is 0 Å². The third-order valence-corrected chi connectivity index (χ3v) is 2.65. The zero-order valence-electron chi connectivity index (χ0n) is 9.51. The Morgan fingerprint density at radius 2 is 2.19 bits per heavy atom. The Labute approximate surface area is 94.1 Å². The van der Waals surface area contributed by atoms with Gasteiger partial charge in [0.25, 0.3) is 0 Å². The summed E-state index contributed by atoms with van der Waals surface area (Å²) in [5, 5.41) is 8.45. The number of likely N-dealkylation sites (tertiary alicyclic amines) is 1. The number of nitrogens with zero attached hydrogens (tertiary/aromatic N) is 1. The van der Waals surface area contributed by atoms with Gasteiger partial charge in [0.2, 0.25) is 0 Å². The van der Waals surface area contributed by atoms with Crippen LogP contribution < -0.4 is 0 Å². The molecule has 1 aliphatic heterocycles. The van der Waals surface area contributed by atoms with Gasteiger partial charge in [-0.3, -0.25) is 14.5 Å². The summed E-state index contributed by atoms with van der Waals surface area (Å²) in [6.45, 7) is 0.807. The minimum Gasteiger partial charge on any atom is -0.481 e. The van der Waals surface area contributed by atoms with Gasteiger partial charge in [0.1, 0.15) is 6.04 Å². The van der Waals surface area contributed by atoms with Crippen LogP contribution in [-0.4, -0.2) is 61.4 Å². The Kier molecular flexibility index (Phi) is 4.70. The molecule has 0 spiro atoms. The standard InChI is InChI=1S/C10H17NO5/c1-11-6-7(16-4-3-9(12)13)5-8(11)10(14)15-2/h7-8H,3-6H2,1-2H3,(H,12,13)/t7-,8+/m1/s1. The fourth-order valence-corrected chi connectivity index (χ4v) is 1.80. The molecule has 0 unspecified atom stereocenters. The SMILES string of the molecule is COC(=O)[C@@H]1C[C@@H](OCCC(=O)O)CN1C. The summed E-state index contributed by atoms with van der Waals surface area (Å²) in [5.74, 6) is -1.15. The second-order valence-corrected chi connectivity index (χ2v) is 3.85. The number of carbonyl (C=O) groups is 2. The molecule has 1 N–H and O–H groups in total. The largest absolute Gasteiger partial charge is 0.481 e. The number of ether oxygens (including phenoxy) is 2. The van der Waals surface area contributed by atoms with Crippen molar-refractivity contribution in [2.24, 2.45) is 0 Å². The van der Waals surface area contributed by atoms with Crippen LogP contribution in [0.1, 0.15) is 12.8 Å². The summed E-state index contributed by atoms with van der Waals surface area (Å²) in [5.41, 5.74) is 0. The van der Waals surface area contributed by atoms with E-state index in [0.717, 1.165) is 0 Å². The molecule has 1 heterocycles. The third kappa shape index (κ3) is 3.46. The summed E-state index contributed by atoms with van der Waals surface area (Å²) >= 11 is 0. The Balaban J connectivity index is 2.32. The van der Waals surface area contributed by atoms with Gasteiger partial charge in [-0.25, -0.2) is 0 Å². The molecule has 6 nitrogen and oxygen atoms in total. The summed E-state index contributed by atoms with van der Waals surface area (Å²) in [6, 6.07) is -0.278. The monoisotopic (exact) mass is 231 g/mol. The maximum Gasteiger partial charge on any atom is 0.323 e. The molecule has 0 aromatic heterocycles. The van der Waals surface area contributed by atoms with Gasteiger partial charge in [-0.05, 0) is 7.05 Å². The summed E-state index contributed by atoms with van der Waals surface area (Å²) in [6.07, 6.45) is 0.458. The van der Waals surface area contributed by atoms with Crippen LogP contribution in [0.15, 0.2) is 0 Å². The first-order valence-electron chi connectivity index (χ1n) is 5.16. The summed E-state index contributed by atoms with van der Waals surface area (Å²) < 4.78 is 10.0. The molecule has 92 valence electrons. The van der Waals surface area contributed by atoms with Crippen LogP contribution in [-0.2, 0) is 19.1 Å². The van der Waals surface area contributed by atoms with E-state index in [-0.39, 0.29) is 31.1 Å². The first-order valence-corrected chi connectivity index (χ1v) is 5.16. The van der Waals surface area contributed by atoms with E-state index in [0.29, 0.717) is 13.0 Å². The highest BCUT2D eigenvalue weighted by Crippen LogP contribution is 2.19. The molecule has 0 amide bonds. The molecular formula is C10H17NO5. The molecule has 0 aromatic carbocycles.